The Morgan fingerprint density at radius 3 is 2.85 bits per heavy atom. The van der Waals surface area contributed by atoms with E-state index in [1.54, 1.807) is 24.3 Å². The van der Waals surface area contributed by atoms with Gasteiger partial charge in [0, 0.05) is 13.0 Å². The highest BCUT2D eigenvalue weighted by Gasteiger charge is 2.27. The second-order valence-corrected chi connectivity index (χ2v) is 6.81. The van der Waals surface area contributed by atoms with Crippen molar-refractivity contribution in [3.8, 4) is 0 Å². The maximum Gasteiger partial charge on any atom is 0.254 e. The minimum atomic E-state index is -0.707. The van der Waals surface area contributed by atoms with Gasteiger partial charge in [-0.25, -0.2) is 0 Å². The minimum Gasteiger partial charge on any atom is -0.356 e. The summed E-state index contributed by atoms with van der Waals surface area (Å²) in [4.78, 5) is 36.6. The third kappa shape index (κ3) is 4.71. The molecule has 0 bridgehead atoms. The normalized spacial score (nSPS) is 19.5. The van der Waals surface area contributed by atoms with Crippen molar-refractivity contribution in [3.05, 3.63) is 41.5 Å². The number of allylic oxidation sites excluding steroid dienone is 1. The Kier molecular flexibility index (Phi) is 6.04. The fourth-order valence-electron chi connectivity index (χ4n) is 3.37. The number of amides is 3. The van der Waals surface area contributed by atoms with Crippen LogP contribution in [0.3, 0.4) is 0 Å². The molecule has 0 saturated carbocycles. The minimum absolute atomic E-state index is 0.0924. The van der Waals surface area contributed by atoms with Crippen LogP contribution < -0.4 is 16.0 Å². The number of hydrogen-bond donors (Lipinski definition) is 3. The van der Waals surface area contributed by atoms with Crippen LogP contribution in [0.2, 0.25) is 0 Å². The Morgan fingerprint density at radius 2 is 2.04 bits per heavy atom. The molecule has 1 aliphatic heterocycles. The van der Waals surface area contributed by atoms with Crippen LogP contribution in [0.5, 0.6) is 0 Å². The number of carbonyl (C=O) groups is 3. The van der Waals surface area contributed by atoms with Gasteiger partial charge in [-0.05, 0) is 50.7 Å². The van der Waals surface area contributed by atoms with Gasteiger partial charge in [0.15, 0.2) is 0 Å². The van der Waals surface area contributed by atoms with Crippen LogP contribution in [0.15, 0.2) is 35.9 Å². The van der Waals surface area contributed by atoms with Gasteiger partial charge in [0.2, 0.25) is 11.8 Å². The van der Waals surface area contributed by atoms with Crippen molar-refractivity contribution >= 4 is 23.4 Å². The van der Waals surface area contributed by atoms with Gasteiger partial charge in [-0.1, -0.05) is 23.8 Å². The van der Waals surface area contributed by atoms with E-state index in [9.17, 15) is 14.4 Å². The molecule has 3 N–H and O–H groups in total. The highest BCUT2D eigenvalue weighted by molar-refractivity contribution is 6.09. The standard InChI is InChI=1S/C20H25N3O3/c24-18(21-13-12-14-6-2-1-3-7-14)11-10-17-20(26)22-16-9-5-4-8-15(16)19(25)23-17/h4-6,8-9,17H,1-3,7,10-13H2,(H,21,24)(H,22,26)(H,23,25). The lowest BCUT2D eigenvalue weighted by Gasteiger charge is -2.15. The predicted molar refractivity (Wildman–Crippen MR) is 99.7 cm³/mol. The zero-order valence-electron chi connectivity index (χ0n) is 14.8. The van der Waals surface area contributed by atoms with Crippen molar-refractivity contribution in [3.63, 3.8) is 0 Å². The molecule has 1 aromatic carbocycles. The van der Waals surface area contributed by atoms with Gasteiger partial charge in [-0.3, -0.25) is 14.4 Å². The van der Waals surface area contributed by atoms with Crippen LogP contribution in [0.25, 0.3) is 0 Å². The van der Waals surface area contributed by atoms with Crippen LogP contribution in [-0.2, 0) is 9.59 Å². The summed E-state index contributed by atoms with van der Waals surface area (Å²) in [7, 11) is 0. The average molecular weight is 355 g/mol. The maximum absolute atomic E-state index is 12.3. The number of fused-ring (bicyclic) bond motifs is 1. The van der Waals surface area contributed by atoms with Gasteiger partial charge in [0.05, 0.1) is 11.3 Å². The summed E-state index contributed by atoms with van der Waals surface area (Å²) in [5.74, 6) is -0.678. The summed E-state index contributed by atoms with van der Waals surface area (Å²) in [5.41, 5.74) is 2.36. The van der Waals surface area contributed by atoms with Gasteiger partial charge in [0.1, 0.15) is 6.04 Å². The van der Waals surface area contributed by atoms with Gasteiger partial charge in [0.25, 0.3) is 5.91 Å². The van der Waals surface area contributed by atoms with Crippen molar-refractivity contribution < 1.29 is 14.4 Å². The average Bonchev–Trinajstić information content (AvgIpc) is 2.77. The highest BCUT2D eigenvalue weighted by Crippen LogP contribution is 2.20. The van der Waals surface area contributed by atoms with E-state index in [0.29, 0.717) is 17.8 Å². The molecule has 0 fully saturated rings. The van der Waals surface area contributed by atoms with E-state index in [2.05, 4.69) is 22.0 Å². The third-order valence-corrected chi connectivity index (χ3v) is 4.86. The molecule has 0 spiro atoms. The number of rotatable bonds is 6. The molecule has 138 valence electrons. The summed E-state index contributed by atoms with van der Waals surface area (Å²) >= 11 is 0. The molecule has 1 unspecified atom stereocenters. The summed E-state index contributed by atoms with van der Waals surface area (Å²) in [6.07, 6.45) is 8.41. The second kappa shape index (κ2) is 8.65. The number of para-hydroxylation sites is 1. The molecule has 1 aromatic rings. The molecule has 0 saturated heterocycles. The number of anilines is 1. The molecule has 26 heavy (non-hydrogen) atoms. The van der Waals surface area contributed by atoms with E-state index in [4.69, 9.17) is 0 Å². The van der Waals surface area contributed by atoms with Crippen molar-refractivity contribution in [2.75, 3.05) is 11.9 Å². The van der Waals surface area contributed by atoms with E-state index in [1.807, 2.05) is 0 Å². The Hall–Kier alpha value is -2.63. The summed E-state index contributed by atoms with van der Waals surface area (Å²) < 4.78 is 0. The molecule has 0 aromatic heterocycles. The third-order valence-electron chi connectivity index (χ3n) is 4.86. The molecule has 1 aliphatic carbocycles. The monoisotopic (exact) mass is 355 g/mol. The number of nitrogens with one attached hydrogen (secondary N) is 3. The first-order valence-corrected chi connectivity index (χ1v) is 9.29. The molecule has 0 radical (unpaired) electrons. The molecular weight excluding hydrogens is 330 g/mol. The van der Waals surface area contributed by atoms with Gasteiger partial charge in [-0.2, -0.15) is 0 Å². The fourth-order valence-corrected chi connectivity index (χ4v) is 3.37. The summed E-state index contributed by atoms with van der Waals surface area (Å²) in [6, 6.07) is 6.17. The van der Waals surface area contributed by atoms with Crippen LogP contribution >= 0.6 is 0 Å². The molecule has 2 aliphatic rings. The first-order chi connectivity index (χ1) is 12.6. The van der Waals surface area contributed by atoms with Crippen molar-refractivity contribution in [2.24, 2.45) is 0 Å². The maximum atomic E-state index is 12.3. The molecule has 3 amide bonds. The largest absolute Gasteiger partial charge is 0.356 e. The zero-order chi connectivity index (χ0) is 18.4. The van der Waals surface area contributed by atoms with E-state index >= 15 is 0 Å². The second-order valence-electron chi connectivity index (χ2n) is 6.81. The Morgan fingerprint density at radius 1 is 1.19 bits per heavy atom. The van der Waals surface area contributed by atoms with E-state index in [0.717, 1.165) is 19.3 Å². The van der Waals surface area contributed by atoms with Gasteiger partial charge < -0.3 is 16.0 Å². The van der Waals surface area contributed by atoms with Gasteiger partial charge >= 0.3 is 0 Å². The molecule has 1 atom stereocenters. The van der Waals surface area contributed by atoms with E-state index in [1.165, 1.54) is 18.4 Å². The molecule has 6 heteroatoms. The van der Waals surface area contributed by atoms with Gasteiger partial charge in [-0.15, -0.1) is 0 Å². The summed E-state index contributed by atoms with van der Waals surface area (Å²) in [6.45, 7) is 0.624. The Bertz CT molecular complexity index is 727. The van der Waals surface area contributed by atoms with Crippen molar-refractivity contribution in [1.82, 2.24) is 10.6 Å². The van der Waals surface area contributed by atoms with Crippen LogP contribution in [0.1, 0.15) is 55.3 Å². The van der Waals surface area contributed by atoms with Crippen molar-refractivity contribution in [1.29, 1.82) is 0 Å². The summed E-state index contributed by atoms with van der Waals surface area (Å²) in [5, 5.41) is 8.36. The van der Waals surface area contributed by atoms with Crippen molar-refractivity contribution in [2.45, 2.75) is 51.0 Å². The number of carbonyl (C=O) groups excluding carboxylic acids is 3. The molecule has 3 rings (SSSR count). The lowest BCUT2D eigenvalue weighted by molar-refractivity contribution is -0.121. The van der Waals surface area contributed by atoms with Crippen LogP contribution in [-0.4, -0.2) is 30.3 Å². The predicted octanol–water partition coefficient (Wildman–Crippen LogP) is 2.52. The lowest BCUT2D eigenvalue weighted by Crippen LogP contribution is -2.42. The lowest BCUT2D eigenvalue weighted by atomic mass is 9.97. The van der Waals surface area contributed by atoms with Crippen LogP contribution in [0.4, 0.5) is 5.69 Å². The van der Waals surface area contributed by atoms with E-state index in [-0.39, 0.29) is 30.6 Å². The molecule has 6 nitrogen and oxygen atoms in total. The Labute approximate surface area is 153 Å². The molecule has 1 heterocycles. The highest BCUT2D eigenvalue weighted by atomic mass is 16.2. The van der Waals surface area contributed by atoms with Crippen LogP contribution in [0, 0.1) is 0 Å². The topological polar surface area (TPSA) is 87.3 Å². The molecular formula is C20H25N3O3. The smallest absolute Gasteiger partial charge is 0.254 e. The Balaban J connectivity index is 1.45. The number of benzene rings is 1. The fraction of sp³-hybridized carbons (Fsp3) is 0.450. The SMILES string of the molecule is O=C(CCC1NC(=O)c2ccccc2NC1=O)NCCC1=CCCCC1. The first-order valence-electron chi connectivity index (χ1n) is 9.29. The zero-order valence-corrected chi connectivity index (χ0v) is 14.8. The first kappa shape index (κ1) is 18.2. The van der Waals surface area contributed by atoms with E-state index < -0.39 is 6.04 Å². The quantitative estimate of drug-likeness (QED) is 0.685. The number of hydrogen-bond acceptors (Lipinski definition) is 3.